The van der Waals surface area contributed by atoms with Gasteiger partial charge in [-0.3, -0.25) is 0 Å². The van der Waals surface area contributed by atoms with Crippen LogP contribution in [0.4, 0.5) is 5.88 Å². The van der Waals surface area contributed by atoms with Gasteiger partial charge in [0.05, 0.1) is 0 Å². The molecule has 0 spiro atoms. The van der Waals surface area contributed by atoms with Crippen LogP contribution < -0.4 is 10.9 Å². The molecule has 0 saturated carbocycles. The van der Waals surface area contributed by atoms with E-state index < -0.39 is 0 Å². The summed E-state index contributed by atoms with van der Waals surface area (Å²) in [6.45, 7) is 4.15. The lowest BCUT2D eigenvalue weighted by molar-refractivity contribution is 0.507. The van der Waals surface area contributed by atoms with Gasteiger partial charge in [-0.1, -0.05) is 13.8 Å². The van der Waals surface area contributed by atoms with Gasteiger partial charge in [-0.05, 0) is 24.5 Å². The molecule has 0 unspecified atom stereocenters. The third-order valence-electron chi connectivity index (χ3n) is 1.78. The van der Waals surface area contributed by atoms with Crippen LogP contribution in [0, 0.1) is 5.92 Å². The first kappa shape index (κ1) is 9.84. The maximum absolute atomic E-state index is 11.3. The van der Waals surface area contributed by atoms with Crippen LogP contribution in [0.1, 0.15) is 19.4 Å². The molecule has 0 aromatic carbocycles. The van der Waals surface area contributed by atoms with Gasteiger partial charge in [0.15, 0.2) is 5.88 Å². The lowest BCUT2D eigenvalue weighted by Gasteiger charge is -2.03. The summed E-state index contributed by atoms with van der Waals surface area (Å²) in [6, 6.07) is 3.59. The molecule has 0 aliphatic rings. The summed E-state index contributed by atoms with van der Waals surface area (Å²) in [5, 5.41) is 2.78. The third-order valence-corrected chi connectivity index (χ3v) is 1.78. The van der Waals surface area contributed by atoms with E-state index in [1.807, 2.05) is 6.07 Å². The van der Waals surface area contributed by atoms with Gasteiger partial charge in [0.25, 0.3) is 0 Å². The second-order valence-electron chi connectivity index (χ2n) is 3.46. The predicted octanol–water partition coefficient (Wildman–Crippen LogP) is 1.88. The van der Waals surface area contributed by atoms with E-state index in [9.17, 15) is 4.79 Å². The first-order chi connectivity index (χ1) is 6.13. The Bertz CT molecular complexity index is 328. The maximum atomic E-state index is 11.3. The highest BCUT2D eigenvalue weighted by molar-refractivity contribution is 5.30. The normalized spacial score (nSPS) is 10.5. The van der Waals surface area contributed by atoms with E-state index >= 15 is 0 Å². The molecule has 3 nitrogen and oxygen atoms in total. The molecule has 3 heteroatoms. The molecular weight excluding hydrogens is 166 g/mol. The first-order valence-corrected chi connectivity index (χ1v) is 4.44. The van der Waals surface area contributed by atoms with Gasteiger partial charge in [-0.15, -0.1) is 0 Å². The summed E-state index contributed by atoms with van der Waals surface area (Å²) in [5.41, 5.74) is 0.509. The Balaban J connectivity index is 2.92. The molecule has 0 amide bonds. The van der Waals surface area contributed by atoms with Crippen molar-refractivity contribution in [3.05, 3.63) is 28.1 Å². The zero-order chi connectivity index (χ0) is 9.84. The quantitative estimate of drug-likeness (QED) is 0.774. The van der Waals surface area contributed by atoms with Gasteiger partial charge in [0.2, 0.25) is 0 Å². The van der Waals surface area contributed by atoms with Crippen molar-refractivity contribution in [2.75, 3.05) is 12.4 Å². The fourth-order valence-electron chi connectivity index (χ4n) is 1.17. The molecule has 1 N–H and O–H groups in total. The Morgan fingerprint density at radius 1 is 1.46 bits per heavy atom. The Morgan fingerprint density at radius 3 is 2.62 bits per heavy atom. The zero-order valence-corrected chi connectivity index (χ0v) is 8.26. The number of rotatable bonds is 3. The Morgan fingerprint density at radius 2 is 2.15 bits per heavy atom. The van der Waals surface area contributed by atoms with E-state index in [0.717, 1.165) is 12.0 Å². The van der Waals surface area contributed by atoms with Crippen molar-refractivity contribution in [1.82, 2.24) is 0 Å². The molecule has 0 aliphatic carbocycles. The van der Waals surface area contributed by atoms with E-state index in [4.69, 9.17) is 4.42 Å². The SMILES string of the molecule is CNc1ccc(CC(C)C)c(=O)o1. The largest absolute Gasteiger partial charge is 0.407 e. The van der Waals surface area contributed by atoms with Gasteiger partial charge in [0.1, 0.15) is 0 Å². The summed E-state index contributed by atoms with van der Waals surface area (Å²) < 4.78 is 4.99. The standard InChI is InChI=1S/C10H15NO2/c1-7(2)6-8-4-5-9(11-3)13-10(8)12/h4-5,7,11H,6H2,1-3H3. The van der Waals surface area contributed by atoms with Gasteiger partial charge >= 0.3 is 5.63 Å². The van der Waals surface area contributed by atoms with Gasteiger partial charge in [0, 0.05) is 12.6 Å². The van der Waals surface area contributed by atoms with Crippen LogP contribution in [0.3, 0.4) is 0 Å². The van der Waals surface area contributed by atoms with Gasteiger partial charge < -0.3 is 9.73 Å². The van der Waals surface area contributed by atoms with Crippen LogP contribution in [0.5, 0.6) is 0 Å². The van der Waals surface area contributed by atoms with Crippen molar-refractivity contribution in [3.8, 4) is 0 Å². The Labute approximate surface area is 77.8 Å². The van der Waals surface area contributed by atoms with E-state index in [1.54, 1.807) is 13.1 Å². The molecule has 72 valence electrons. The maximum Gasteiger partial charge on any atom is 0.340 e. The number of hydrogen-bond donors (Lipinski definition) is 1. The van der Waals surface area contributed by atoms with Crippen LogP contribution in [0.2, 0.25) is 0 Å². The molecule has 1 heterocycles. The Kier molecular flexibility index (Phi) is 3.12. The van der Waals surface area contributed by atoms with E-state index in [-0.39, 0.29) is 5.63 Å². The smallest absolute Gasteiger partial charge is 0.340 e. The average Bonchev–Trinajstić information content (AvgIpc) is 2.08. The number of hydrogen-bond acceptors (Lipinski definition) is 3. The summed E-state index contributed by atoms with van der Waals surface area (Å²) in [4.78, 5) is 11.3. The molecule has 0 radical (unpaired) electrons. The fourth-order valence-corrected chi connectivity index (χ4v) is 1.17. The average molecular weight is 181 g/mol. The lowest BCUT2D eigenvalue weighted by Crippen LogP contribution is -2.10. The molecule has 1 aromatic rings. The van der Waals surface area contributed by atoms with Gasteiger partial charge in [-0.25, -0.2) is 4.79 Å². The van der Waals surface area contributed by atoms with E-state index in [0.29, 0.717) is 11.8 Å². The van der Waals surface area contributed by atoms with Crippen molar-refractivity contribution in [2.45, 2.75) is 20.3 Å². The van der Waals surface area contributed by atoms with Crippen molar-refractivity contribution in [2.24, 2.45) is 5.92 Å². The predicted molar refractivity (Wildman–Crippen MR) is 53.1 cm³/mol. The number of anilines is 1. The molecule has 0 bridgehead atoms. The minimum absolute atomic E-state index is 0.236. The molecule has 0 aliphatic heterocycles. The molecule has 0 atom stereocenters. The van der Waals surface area contributed by atoms with Crippen molar-refractivity contribution in [1.29, 1.82) is 0 Å². The van der Waals surface area contributed by atoms with Crippen LogP contribution in [0.25, 0.3) is 0 Å². The van der Waals surface area contributed by atoms with Crippen LogP contribution in [-0.2, 0) is 6.42 Å². The topological polar surface area (TPSA) is 42.2 Å². The molecular formula is C10H15NO2. The number of nitrogens with one attached hydrogen (secondary N) is 1. The second kappa shape index (κ2) is 4.12. The fraction of sp³-hybridized carbons (Fsp3) is 0.500. The van der Waals surface area contributed by atoms with E-state index in [2.05, 4.69) is 19.2 Å². The molecule has 1 rings (SSSR count). The minimum Gasteiger partial charge on any atom is -0.407 e. The molecule has 13 heavy (non-hydrogen) atoms. The lowest BCUT2D eigenvalue weighted by atomic mass is 10.1. The van der Waals surface area contributed by atoms with E-state index in [1.165, 1.54) is 0 Å². The summed E-state index contributed by atoms with van der Waals surface area (Å²) >= 11 is 0. The first-order valence-electron chi connectivity index (χ1n) is 4.44. The highest BCUT2D eigenvalue weighted by atomic mass is 16.4. The molecule has 0 saturated heterocycles. The van der Waals surface area contributed by atoms with Crippen molar-refractivity contribution < 1.29 is 4.42 Å². The van der Waals surface area contributed by atoms with Crippen LogP contribution in [0.15, 0.2) is 21.3 Å². The third kappa shape index (κ3) is 2.61. The zero-order valence-electron chi connectivity index (χ0n) is 8.26. The highest BCUT2D eigenvalue weighted by Gasteiger charge is 2.04. The van der Waals surface area contributed by atoms with Crippen molar-refractivity contribution >= 4 is 5.88 Å². The molecule has 0 fully saturated rings. The van der Waals surface area contributed by atoms with Crippen molar-refractivity contribution in [3.63, 3.8) is 0 Å². The molecule has 1 aromatic heterocycles. The summed E-state index contributed by atoms with van der Waals surface area (Å²) in [7, 11) is 1.72. The summed E-state index contributed by atoms with van der Waals surface area (Å²) in [5.74, 6) is 0.987. The van der Waals surface area contributed by atoms with Gasteiger partial charge in [-0.2, -0.15) is 0 Å². The monoisotopic (exact) mass is 181 g/mol. The Hall–Kier alpha value is -1.25. The second-order valence-corrected chi connectivity index (χ2v) is 3.46. The van der Waals surface area contributed by atoms with Crippen LogP contribution in [-0.4, -0.2) is 7.05 Å². The minimum atomic E-state index is -0.236. The highest BCUT2D eigenvalue weighted by Crippen LogP contribution is 2.07. The summed E-state index contributed by atoms with van der Waals surface area (Å²) in [6.07, 6.45) is 0.770. The van der Waals surface area contributed by atoms with Crippen LogP contribution >= 0.6 is 0 Å².